The summed E-state index contributed by atoms with van der Waals surface area (Å²) >= 11 is 0. The number of anilines is 2. The fourth-order valence-corrected chi connectivity index (χ4v) is 4.29. The Balaban J connectivity index is 1.38. The van der Waals surface area contributed by atoms with Gasteiger partial charge in [0.2, 0.25) is 0 Å². The summed E-state index contributed by atoms with van der Waals surface area (Å²) in [7, 11) is 0. The number of piperazine rings is 1. The summed E-state index contributed by atoms with van der Waals surface area (Å²) < 4.78 is 0. The Morgan fingerprint density at radius 1 is 0.828 bits per heavy atom. The van der Waals surface area contributed by atoms with Gasteiger partial charge < -0.3 is 14.7 Å². The van der Waals surface area contributed by atoms with Crippen LogP contribution in [0.2, 0.25) is 0 Å². The average Bonchev–Trinajstić information content (AvgIpc) is 3.05. The highest BCUT2D eigenvalue weighted by molar-refractivity contribution is 5.92. The lowest BCUT2D eigenvalue weighted by molar-refractivity contribution is 0.0755. The summed E-state index contributed by atoms with van der Waals surface area (Å²) in [5, 5.41) is 0. The van der Waals surface area contributed by atoms with Crippen LogP contribution in [0.1, 0.15) is 47.3 Å². The summed E-state index contributed by atoms with van der Waals surface area (Å²) in [6, 6.07) is 6.51. The van der Waals surface area contributed by atoms with Crippen molar-refractivity contribution in [1.82, 2.24) is 14.9 Å². The number of hydrogen-bond acceptors (Lipinski definition) is 5. The van der Waals surface area contributed by atoms with Gasteiger partial charge in [-0.1, -0.05) is 25.0 Å². The van der Waals surface area contributed by atoms with E-state index in [1.54, 1.807) is 12.4 Å². The van der Waals surface area contributed by atoms with Gasteiger partial charge in [0.15, 0.2) is 0 Å². The molecule has 2 saturated heterocycles. The van der Waals surface area contributed by atoms with Gasteiger partial charge in [0.05, 0.1) is 12.4 Å². The first kappa shape index (κ1) is 19.7. The van der Waals surface area contributed by atoms with Crippen LogP contribution in [0, 0.1) is 13.8 Å². The van der Waals surface area contributed by atoms with Crippen molar-refractivity contribution in [2.75, 3.05) is 49.1 Å². The van der Waals surface area contributed by atoms with Gasteiger partial charge in [-0.3, -0.25) is 4.79 Å². The van der Waals surface area contributed by atoms with E-state index in [4.69, 9.17) is 0 Å². The first-order valence-corrected chi connectivity index (χ1v) is 10.8. The number of amides is 1. The molecule has 154 valence electrons. The Kier molecular flexibility index (Phi) is 5.97. The third kappa shape index (κ3) is 4.36. The number of nitrogens with zero attached hydrogens (tertiary/aromatic N) is 5. The van der Waals surface area contributed by atoms with Gasteiger partial charge in [0.1, 0.15) is 11.5 Å². The van der Waals surface area contributed by atoms with Gasteiger partial charge in [-0.25, -0.2) is 9.97 Å². The van der Waals surface area contributed by atoms with Crippen LogP contribution in [-0.4, -0.2) is 60.0 Å². The van der Waals surface area contributed by atoms with E-state index < -0.39 is 0 Å². The number of aryl methyl sites for hydroxylation is 1. The molecule has 0 radical (unpaired) electrons. The van der Waals surface area contributed by atoms with E-state index in [-0.39, 0.29) is 5.91 Å². The second-order valence-corrected chi connectivity index (χ2v) is 8.16. The molecule has 0 bridgehead atoms. The number of benzene rings is 1. The van der Waals surface area contributed by atoms with Crippen LogP contribution in [-0.2, 0) is 0 Å². The molecule has 1 aromatic heterocycles. The molecule has 0 spiro atoms. The van der Waals surface area contributed by atoms with Crippen LogP contribution in [0.3, 0.4) is 0 Å². The van der Waals surface area contributed by atoms with Crippen molar-refractivity contribution in [3.8, 4) is 0 Å². The molecule has 0 aliphatic carbocycles. The van der Waals surface area contributed by atoms with E-state index in [1.807, 2.05) is 4.90 Å². The van der Waals surface area contributed by atoms with Crippen LogP contribution >= 0.6 is 0 Å². The van der Waals surface area contributed by atoms with E-state index in [0.717, 1.165) is 57.9 Å². The lowest BCUT2D eigenvalue weighted by Crippen LogP contribution is -2.47. The molecule has 0 saturated carbocycles. The van der Waals surface area contributed by atoms with Crippen molar-refractivity contribution in [2.24, 2.45) is 0 Å². The second kappa shape index (κ2) is 8.80. The molecule has 2 aromatic rings. The predicted octanol–water partition coefficient (Wildman–Crippen LogP) is 3.44. The Morgan fingerprint density at radius 2 is 1.52 bits per heavy atom. The smallest absolute Gasteiger partial charge is 0.274 e. The fourth-order valence-electron chi connectivity index (χ4n) is 4.29. The van der Waals surface area contributed by atoms with E-state index in [9.17, 15) is 4.79 Å². The van der Waals surface area contributed by atoms with Crippen LogP contribution < -0.4 is 9.80 Å². The molecular weight excluding hydrogens is 362 g/mol. The molecule has 0 unspecified atom stereocenters. The number of likely N-dealkylation sites (tertiary alicyclic amines) is 1. The standard InChI is InChI=1S/C23H31N5O/c1-18-8-7-9-21(19(18)2)26-12-14-27(15-13-26)22-17-24-20(16-25-22)23(29)28-10-5-3-4-6-11-28/h7-9,16-17H,3-6,10-15H2,1-2H3. The van der Waals surface area contributed by atoms with Crippen molar-refractivity contribution >= 4 is 17.4 Å². The van der Waals surface area contributed by atoms with Gasteiger partial charge in [-0.15, -0.1) is 0 Å². The van der Waals surface area contributed by atoms with Crippen molar-refractivity contribution in [1.29, 1.82) is 0 Å². The Hall–Kier alpha value is -2.63. The van der Waals surface area contributed by atoms with Crippen LogP contribution in [0.15, 0.2) is 30.6 Å². The van der Waals surface area contributed by atoms with Gasteiger partial charge >= 0.3 is 0 Å². The average molecular weight is 394 g/mol. The molecule has 3 heterocycles. The highest BCUT2D eigenvalue weighted by Crippen LogP contribution is 2.25. The molecule has 2 fully saturated rings. The summed E-state index contributed by atoms with van der Waals surface area (Å²) in [6.45, 7) is 9.76. The second-order valence-electron chi connectivity index (χ2n) is 8.16. The minimum Gasteiger partial charge on any atom is -0.368 e. The van der Waals surface area contributed by atoms with Crippen molar-refractivity contribution < 1.29 is 4.79 Å². The molecular formula is C23H31N5O. The Morgan fingerprint density at radius 3 is 2.17 bits per heavy atom. The quantitative estimate of drug-likeness (QED) is 0.800. The van der Waals surface area contributed by atoms with E-state index in [2.05, 4.69) is 51.8 Å². The SMILES string of the molecule is Cc1cccc(N2CCN(c3cnc(C(=O)N4CCCCCC4)cn3)CC2)c1C. The number of aromatic nitrogens is 2. The third-order valence-corrected chi connectivity index (χ3v) is 6.27. The first-order chi connectivity index (χ1) is 14.1. The van der Waals surface area contributed by atoms with Gasteiger partial charge in [0, 0.05) is 45.0 Å². The van der Waals surface area contributed by atoms with Gasteiger partial charge in [0.25, 0.3) is 5.91 Å². The number of hydrogen-bond donors (Lipinski definition) is 0. The van der Waals surface area contributed by atoms with E-state index in [1.165, 1.54) is 29.7 Å². The van der Waals surface area contributed by atoms with Gasteiger partial charge in [-0.05, 0) is 43.9 Å². The van der Waals surface area contributed by atoms with Crippen molar-refractivity contribution in [2.45, 2.75) is 39.5 Å². The van der Waals surface area contributed by atoms with Crippen LogP contribution in [0.5, 0.6) is 0 Å². The summed E-state index contributed by atoms with van der Waals surface area (Å²) in [5.41, 5.74) is 4.48. The maximum atomic E-state index is 12.7. The normalized spacial score (nSPS) is 17.9. The largest absolute Gasteiger partial charge is 0.368 e. The summed E-state index contributed by atoms with van der Waals surface area (Å²) in [6.07, 6.45) is 8.01. The molecule has 0 atom stereocenters. The Bertz CT molecular complexity index is 835. The molecule has 2 aliphatic heterocycles. The molecule has 1 amide bonds. The van der Waals surface area contributed by atoms with Crippen molar-refractivity contribution in [3.05, 3.63) is 47.4 Å². The van der Waals surface area contributed by atoms with Crippen molar-refractivity contribution in [3.63, 3.8) is 0 Å². The lowest BCUT2D eigenvalue weighted by Gasteiger charge is -2.37. The highest BCUT2D eigenvalue weighted by atomic mass is 16.2. The van der Waals surface area contributed by atoms with Crippen LogP contribution in [0.4, 0.5) is 11.5 Å². The van der Waals surface area contributed by atoms with Gasteiger partial charge in [-0.2, -0.15) is 0 Å². The number of carbonyl (C=O) groups excluding carboxylic acids is 1. The minimum atomic E-state index is 0.0192. The topological polar surface area (TPSA) is 52.6 Å². The zero-order valence-corrected chi connectivity index (χ0v) is 17.6. The maximum Gasteiger partial charge on any atom is 0.274 e. The van der Waals surface area contributed by atoms with Crippen LogP contribution in [0.25, 0.3) is 0 Å². The molecule has 1 aromatic carbocycles. The zero-order chi connectivity index (χ0) is 20.2. The monoisotopic (exact) mass is 393 g/mol. The summed E-state index contributed by atoms with van der Waals surface area (Å²) in [4.78, 5) is 28.4. The summed E-state index contributed by atoms with van der Waals surface area (Å²) in [5.74, 6) is 0.878. The highest BCUT2D eigenvalue weighted by Gasteiger charge is 2.22. The molecule has 0 N–H and O–H groups in total. The molecule has 29 heavy (non-hydrogen) atoms. The maximum absolute atomic E-state index is 12.7. The minimum absolute atomic E-state index is 0.0192. The third-order valence-electron chi connectivity index (χ3n) is 6.27. The fraction of sp³-hybridized carbons (Fsp3) is 0.522. The molecule has 4 rings (SSSR count). The van der Waals surface area contributed by atoms with E-state index in [0.29, 0.717) is 5.69 Å². The first-order valence-electron chi connectivity index (χ1n) is 10.8. The number of rotatable bonds is 3. The predicted molar refractivity (Wildman–Crippen MR) is 117 cm³/mol. The molecule has 2 aliphatic rings. The Labute approximate surface area is 173 Å². The molecule has 6 heteroatoms. The molecule has 6 nitrogen and oxygen atoms in total. The van der Waals surface area contributed by atoms with E-state index >= 15 is 0 Å². The zero-order valence-electron chi connectivity index (χ0n) is 17.6. The number of carbonyl (C=O) groups is 1. The lowest BCUT2D eigenvalue weighted by atomic mass is 10.1.